The Balaban J connectivity index is 2.63. The third-order valence-corrected chi connectivity index (χ3v) is 2.36. The van der Waals surface area contributed by atoms with Crippen LogP contribution in [0.4, 0.5) is 0 Å². The molecule has 1 saturated heterocycles. The molecule has 1 aliphatic rings. The third-order valence-electron chi connectivity index (χ3n) is 2.36. The van der Waals surface area contributed by atoms with Crippen molar-refractivity contribution in [1.82, 2.24) is 5.32 Å². The maximum absolute atomic E-state index is 9.34. The average molecular weight is 175 g/mol. The van der Waals surface area contributed by atoms with Crippen LogP contribution in [0.3, 0.4) is 0 Å². The van der Waals surface area contributed by atoms with Gasteiger partial charge in [-0.05, 0) is 0 Å². The number of piperidine rings is 1. The Morgan fingerprint density at radius 2 is 1.67 bits per heavy atom. The fraction of sp³-hybridized carbons (Fsp3) is 1.00. The second-order valence-electron chi connectivity index (χ2n) is 3.19. The van der Waals surface area contributed by atoms with Crippen LogP contribution >= 0.6 is 0 Å². The first-order valence-electron chi connectivity index (χ1n) is 3.99. The highest BCUT2D eigenvalue weighted by atomic mass is 16.3. The minimum atomic E-state index is -0.812. The highest BCUT2D eigenvalue weighted by Gasteiger charge is 2.37. The first kappa shape index (κ1) is 9.85. The second kappa shape index (κ2) is 3.65. The number of hydrogen-bond donors (Lipinski definition) is 6. The zero-order valence-corrected chi connectivity index (χ0v) is 6.85. The van der Waals surface area contributed by atoms with Crippen LogP contribution in [-0.4, -0.2) is 42.0 Å². The van der Waals surface area contributed by atoms with Gasteiger partial charge in [0.15, 0.2) is 0 Å². The van der Waals surface area contributed by atoms with Crippen LogP contribution in [-0.2, 0) is 0 Å². The summed E-state index contributed by atoms with van der Waals surface area (Å²) in [6.45, 7) is 0.346. The van der Waals surface area contributed by atoms with Crippen LogP contribution < -0.4 is 28.3 Å². The Morgan fingerprint density at radius 3 is 2.17 bits per heavy atom. The Hall–Kier alpha value is -0.240. The summed E-state index contributed by atoms with van der Waals surface area (Å²) in [5, 5.41) is 12.1. The molecule has 0 bridgehead atoms. The van der Waals surface area contributed by atoms with E-state index in [1.165, 1.54) is 0 Å². The quantitative estimate of drug-likeness (QED) is 0.242. The summed E-state index contributed by atoms with van der Waals surface area (Å²) in [5.74, 6) is 0. The van der Waals surface area contributed by atoms with Crippen LogP contribution in [0.25, 0.3) is 0 Å². The Kier molecular flexibility index (Phi) is 2.99. The summed E-state index contributed by atoms with van der Waals surface area (Å²) in [6, 6.07) is -1.39. The molecule has 0 saturated carbocycles. The van der Waals surface area contributed by atoms with Gasteiger partial charge in [-0.3, -0.25) is 5.32 Å². The molecule has 5 atom stereocenters. The summed E-state index contributed by atoms with van der Waals surface area (Å²) >= 11 is 0. The van der Waals surface area contributed by atoms with Crippen molar-refractivity contribution in [3.8, 4) is 0 Å². The lowest BCUT2D eigenvalue weighted by Gasteiger charge is -2.41. The summed E-state index contributed by atoms with van der Waals surface area (Å²) in [6.07, 6.45) is -0.812. The minimum Gasteiger partial charge on any atom is -0.377 e. The van der Waals surface area contributed by atoms with E-state index in [9.17, 15) is 5.11 Å². The Labute approximate surface area is 71.3 Å². The fourth-order valence-corrected chi connectivity index (χ4v) is 1.40. The predicted octanol–water partition coefficient (Wildman–Crippen LogP) is -3.78. The highest BCUT2D eigenvalue weighted by molar-refractivity contribution is 5.01. The molecule has 0 aromatic carbocycles. The number of rotatable bonds is 1. The number of nitrogens with two attached hydrogens (primary N) is 4. The summed E-state index contributed by atoms with van der Waals surface area (Å²) in [5.41, 5.74) is 22.4. The van der Waals surface area contributed by atoms with E-state index in [1.54, 1.807) is 0 Å². The molecule has 12 heavy (non-hydrogen) atoms. The van der Waals surface area contributed by atoms with E-state index in [4.69, 9.17) is 22.9 Å². The van der Waals surface area contributed by atoms with Gasteiger partial charge in [0.1, 0.15) is 6.23 Å². The van der Waals surface area contributed by atoms with Gasteiger partial charge in [0.05, 0.1) is 6.04 Å². The van der Waals surface area contributed by atoms with E-state index in [1.807, 2.05) is 0 Å². The van der Waals surface area contributed by atoms with Gasteiger partial charge in [0.25, 0.3) is 0 Å². The molecule has 1 unspecified atom stereocenters. The maximum Gasteiger partial charge on any atom is 0.122 e. The normalized spacial score (nSPS) is 49.2. The molecular formula is C6H17N5O. The van der Waals surface area contributed by atoms with Crippen molar-refractivity contribution in [2.24, 2.45) is 22.9 Å². The summed E-state index contributed by atoms with van der Waals surface area (Å²) in [4.78, 5) is 0. The number of aliphatic hydroxyl groups is 1. The lowest BCUT2D eigenvalue weighted by Crippen LogP contribution is -2.74. The van der Waals surface area contributed by atoms with Crippen molar-refractivity contribution in [2.75, 3.05) is 6.54 Å². The van der Waals surface area contributed by atoms with Crippen LogP contribution in [0.2, 0.25) is 0 Å². The molecule has 1 heterocycles. The fourth-order valence-electron chi connectivity index (χ4n) is 1.40. The van der Waals surface area contributed by atoms with Crippen molar-refractivity contribution in [3.05, 3.63) is 0 Å². The minimum absolute atomic E-state index is 0.158. The molecule has 72 valence electrons. The highest BCUT2D eigenvalue weighted by Crippen LogP contribution is 2.07. The molecule has 0 aromatic heterocycles. The zero-order chi connectivity index (χ0) is 9.30. The lowest BCUT2D eigenvalue weighted by molar-refractivity contribution is 0.0481. The van der Waals surface area contributed by atoms with Crippen LogP contribution in [0, 0.1) is 0 Å². The molecule has 0 aromatic rings. The molecule has 0 amide bonds. The molecule has 6 nitrogen and oxygen atoms in total. The molecule has 0 aliphatic carbocycles. The van der Waals surface area contributed by atoms with Crippen LogP contribution in [0.15, 0.2) is 0 Å². The summed E-state index contributed by atoms with van der Waals surface area (Å²) in [7, 11) is 0. The van der Waals surface area contributed by atoms with Gasteiger partial charge in [-0.2, -0.15) is 0 Å². The molecule has 1 fully saturated rings. The molecule has 1 rings (SSSR count). The van der Waals surface area contributed by atoms with Crippen LogP contribution in [0.5, 0.6) is 0 Å². The smallest absolute Gasteiger partial charge is 0.122 e. The molecule has 0 radical (unpaired) electrons. The first-order chi connectivity index (χ1) is 5.57. The van der Waals surface area contributed by atoms with E-state index in [0.29, 0.717) is 6.54 Å². The molecule has 10 N–H and O–H groups in total. The van der Waals surface area contributed by atoms with E-state index >= 15 is 0 Å². The van der Waals surface area contributed by atoms with Crippen molar-refractivity contribution in [1.29, 1.82) is 0 Å². The van der Waals surface area contributed by atoms with Gasteiger partial charge in [0.2, 0.25) is 0 Å². The van der Waals surface area contributed by atoms with Gasteiger partial charge in [-0.25, -0.2) is 0 Å². The van der Waals surface area contributed by atoms with Gasteiger partial charge in [-0.1, -0.05) is 0 Å². The molecule has 0 spiro atoms. The van der Waals surface area contributed by atoms with E-state index in [-0.39, 0.29) is 12.1 Å². The number of nitrogens with one attached hydrogen (secondary N) is 1. The van der Waals surface area contributed by atoms with Gasteiger partial charge in [0, 0.05) is 24.7 Å². The average Bonchev–Trinajstić information content (AvgIpc) is 2.08. The van der Waals surface area contributed by atoms with Crippen molar-refractivity contribution in [3.63, 3.8) is 0 Å². The van der Waals surface area contributed by atoms with Gasteiger partial charge < -0.3 is 28.0 Å². The van der Waals surface area contributed by atoms with Crippen molar-refractivity contribution in [2.45, 2.75) is 30.4 Å². The Bertz CT molecular complexity index is 150. The third kappa shape index (κ3) is 1.58. The molecule has 1 aliphatic heterocycles. The lowest BCUT2D eigenvalue weighted by atomic mass is 9.90. The van der Waals surface area contributed by atoms with E-state index in [0.717, 1.165) is 0 Å². The van der Waals surface area contributed by atoms with E-state index < -0.39 is 18.3 Å². The second-order valence-corrected chi connectivity index (χ2v) is 3.19. The molecular weight excluding hydrogens is 158 g/mol. The zero-order valence-electron chi connectivity index (χ0n) is 6.85. The standard InChI is InChI=1S/C6H17N5O/c7-1-2-3(8)4(9)5(10)6(12)11-2/h2-6,11-12H,1,7-10H2/t2-,3+,4+,5-,6?/m1/s1. The monoisotopic (exact) mass is 175 g/mol. The van der Waals surface area contributed by atoms with Gasteiger partial charge in [-0.15, -0.1) is 0 Å². The molecule has 6 heteroatoms. The predicted molar refractivity (Wildman–Crippen MR) is 45.9 cm³/mol. The van der Waals surface area contributed by atoms with Gasteiger partial charge >= 0.3 is 0 Å². The first-order valence-corrected chi connectivity index (χ1v) is 3.99. The van der Waals surface area contributed by atoms with E-state index in [2.05, 4.69) is 5.32 Å². The van der Waals surface area contributed by atoms with Crippen molar-refractivity contribution < 1.29 is 5.11 Å². The SMILES string of the molecule is NC[C@H]1NC(O)[C@H](N)[C@@H](N)[C@H]1N. The van der Waals surface area contributed by atoms with Crippen molar-refractivity contribution >= 4 is 0 Å². The number of aliphatic hydroxyl groups excluding tert-OH is 1. The number of hydrogen-bond acceptors (Lipinski definition) is 6. The Morgan fingerprint density at radius 1 is 1.08 bits per heavy atom. The maximum atomic E-state index is 9.34. The topological polar surface area (TPSA) is 136 Å². The summed E-state index contributed by atoms with van der Waals surface area (Å²) < 4.78 is 0. The van der Waals surface area contributed by atoms with Crippen LogP contribution in [0.1, 0.15) is 0 Å². The largest absolute Gasteiger partial charge is 0.377 e.